The molecule has 7 nitrogen and oxygen atoms in total. The van der Waals surface area contributed by atoms with Crippen LogP contribution in [-0.4, -0.2) is 32.2 Å². The predicted molar refractivity (Wildman–Crippen MR) is 93.6 cm³/mol. The monoisotopic (exact) mass is 357 g/mol. The normalized spacial score (nSPS) is 11.0. The molecule has 130 valence electrons. The molecule has 2 heterocycles. The van der Waals surface area contributed by atoms with Gasteiger partial charge in [-0.1, -0.05) is 53.8 Å². The van der Waals surface area contributed by atoms with Gasteiger partial charge in [-0.15, -0.1) is 5.10 Å². The van der Waals surface area contributed by atoms with Crippen molar-refractivity contribution in [3.8, 4) is 0 Å². The van der Waals surface area contributed by atoms with E-state index in [0.717, 1.165) is 22.8 Å². The number of aromatic nitrogens is 4. The lowest BCUT2D eigenvalue weighted by atomic mass is 10.1. The molecule has 0 saturated carbocycles. The molecule has 0 bridgehead atoms. The molecule has 0 atom stereocenters. The number of nitrogens with one attached hydrogen (secondary N) is 1. The molecule has 0 aliphatic rings. The van der Waals surface area contributed by atoms with Gasteiger partial charge in [-0.3, -0.25) is 4.79 Å². The summed E-state index contributed by atoms with van der Waals surface area (Å²) in [5.74, 6) is 1.15. The van der Waals surface area contributed by atoms with E-state index in [0.29, 0.717) is 36.0 Å². The van der Waals surface area contributed by atoms with Crippen LogP contribution >= 0.6 is 11.5 Å². The first-order chi connectivity index (χ1) is 12.1. The van der Waals surface area contributed by atoms with E-state index in [-0.39, 0.29) is 11.8 Å². The van der Waals surface area contributed by atoms with Crippen LogP contribution < -0.4 is 5.32 Å². The maximum absolute atomic E-state index is 12.2. The number of rotatable bonds is 7. The highest BCUT2D eigenvalue weighted by Crippen LogP contribution is 2.19. The van der Waals surface area contributed by atoms with Gasteiger partial charge in [-0.05, 0) is 23.0 Å². The third-order valence-electron chi connectivity index (χ3n) is 3.61. The zero-order valence-electron chi connectivity index (χ0n) is 14.1. The Morgan fingerprint density at radius 2 is 2.08 bits per heavy atom. The Hall–Kier alpha value is -2.61. The van der Waals surface area contributed by atoms with Crippen molar-refractivity contribution < 1.29 is 9.32 Å². The number of nitrogens with zero attached hydrogens (tertiary/aromatic N) is 4. The van der Waals surface area contributed by atoms with Crippen LogP contribution in [0.3, 0.4) is 0 Å². The summed E-state index contributed by atoms with van der Waals surface area (Å²) in [6, 6.07) is 9.96. The second-order valence-corrected chi connectivity index (χ2v) is 6.67. The summed E-state index contributed by atoms with van der Waals surface area (Å²) in [4.78, 5) is 17.1. The molecule has 1 amide bonds. The zero-order valence-corrected chi connectivity index (χ0v) is 14.9. The molecule has 0 aliphatic heterocycles. The minimum Gasteiger partial charge on any atom is -0.351 e. The number of carbonyl (C=O) groups excluding carboxylic acids is 1. The predicted octanol–water partition coefficient (Wildman–Crippen LogP) is 2.61. The van der Waals surface area contributed by atoms with Crippen LogP contribution in [0.25, 0.3) is 0 Å². The van der Waals surface area contributed by atoms with Crippen LogP contribution in [0.5, 0.6) is 0 Å². The topological polar surface area (TPSA) is 93.8 Å². The van der Waals surface area contributed by atoms with Gasteiger partial charge in [0, 0.05) is 19.4 Å². The standard InChI is InChI=1S/C17H19N5O2S/c1-11(2)15-16(25-22-20-15)17(23)18-9-8-14-19-13(21-24-14)10-12-6-4-3-5-7-12/h3-7,11H,8-10H2,1-2H3,(H,18,23). The molecular weight excluding hydrogens is 338 g/mol. The van der Waals surface area contributed by atoms with Crippen molar-refractivity contribution in [1.29, 1.82) is 0 Å². The maximum atomic E-state index is 12.2. The van der Waals surface area contributed by atoms with E-state index in [4.69, 9.17) is 4.52 Å². The smallest absolute Gasteiger partial charge is 0.264 e. The summed E-state index contributed by atoms with van der Waals surface area (Å²) >= 11 is 1.11. The molecule has 0 saturated heterocycles. The zero-order chi connectivity index (χ0) is 17.6. The summed E-state index contributed by atoms with van der Waals surface area (Å²) in [7, 11) is 0. The first-order valence-corrected chi connectivity index (χ1v) is 8.86. The minimum absolute atomic E-state index is 0.163. The molecule has 0 unspecified atom stereocenters. The molecule has 0 aliphatic carbocycles. The van der Waals surface area contributed by atoms with Gasteiger partial charge >= 0.3 is 0 Å². The van der Waals surface area contributed by atoms with Crippen molar-refractivity contribution in [2.75, 3.05) is 6.54 Å². The molecule has 1 N–H and O–H groups in total. The first kappa shape index (κ1) is 17.2. The fourth-order valence-electron chi connectivity index (χ4n) is 2.34. The van der Waals surface area contributed by atoms with E-state index in [9.17, 15) is 4.79 Å². The van der Waals surface area contributed by atoms with Crippen molar-refractivity contribution >= 4 is 17.4 Å². The summed E-state index contributed by atoms with van der Waals surface area (Å²) in [5, 5.41) is 10.8. The fraction of sp³-hybridized carbons (Fsp3) is 0.353. The van der Waals surface area contributed by atoms with E-state index < -0.39 is 0 Å². The lowest BCUT2D eigenvalue weighted by molar-refractivity contribution is 0.0956. The number of amides is 1. The molecule has 1 aromatic carbocycles. The van der Waals surface area contributed by atoms with Gasteiger partial charge < -0.3 is 9.84 Å². The first-order valence-electron chi connectivity index (χ1n) is 8.09. The van der Waals surface area contributed by atoms with Gasteiger partial charge in [-0.25, -0.2) is 0 Å². The van der Waals surface area contributed by atoms with Crippen molar-refractivity contribution in [3.63, 3.8) is 0 Å². The molecule has 0 radical (unpaired) electrons. The average Bonchev–Trinajstić information content (AvgIpc) is 3.25. The summed E-state index contributed by atoms with van der Waals surface area (Å²) in [6.45, 7) is 4.39. The Morgan fingerprint density at radius 3 is 2.84 bits per heavy atom. The number of hydrogen-bond donors (Lipinski definition) is 1. The SMILES string of the molecule is CC(C)c1nnsc1C(=O)NCCc1nc(Cc2ccccc2)no1. The van der Waals surface area contributed by atoms with Crippen LogP contribution in [0.15, 0.2) is 34.9 Å². The largest absolute Gasteiger partial charge is 0.351 e. The Labute approximate surface area is 149 Å². The van der Waals surface area contributed by atoms with Gasteiger partial charge in [0.05, 0.1) is 5.69 Å². The number of benzene rings is 1. The lowest BCUT2D eigenvalue weighted by Crippen LogP contribution is -2.26. The van der Waals surface area contributed by atoms with Crippen LogP contribution in [0.1, 0.15) is 52.4 Å². The highest BCUT2D eigenvalue weighted by Gasteiger charge is 2.18. The highest BCUT2D eigenvalue weighted by molar-refractivity contribution is 7.08. The van der Waals surface area contributed by atoms with E-state index in [1.54, 1.807) is 0 Å². The molecule has 0 spiro atoms. The van der Waals surface area contributed by atoms with Crippen LogP contribution in [-0.2, 0) is 12.8 Å². The molecule has 3 aromatic rings. The van der Waals surface area contributed by atoms with Crippen molar-refractivity contribution in [3.05, 3.63) is 58.2 Å². The Bertz CT molecular complexity index is 828. The molecule has 8 heteroatoms. The van der Waals surface area contributed by atoms with Gasteiger partial charge in [0.1, 0.15) is 4.88 Å². The number of hydrogen-bond acceptors (Lipinski definition) is 7. The molecular formula is C17H19N5O2S. The van der Waals surface area contributed by atoms with Gasteiger partial charge in [-0.2, -0.15) is 4.98 Å². The molecule has 25 heavy (non-hydrogen) atoms. The molecule has 2 aromatic heterocycles. The Kier molecular flexibility index (Phi) is 5.49. The fourth-order valence-corrected chi connectivity index (χ4v) is 3.07. The quantitative estimate of drug-likeness (QED) is 0.698. The van der Waals surface area contributed by atoms with E-state index in [1.807, 2.05) is 44.2 Å². The van der Waals surface area contributed by atoms with Gasteiger partial charge in [0.25, 0.3) is 5.91 Å². The lowest BCUT2D eigenvalue weighted by Gasteiger charge is -2.04. The number of carbonyl (C=O) groups is 1. The summed E-state index contributed by atoms with van der Waals surface area (Å²) in [6.07, 6.45) is 1.11. The Morgan fingerprint density at radius 1 is 1.28 bits per heavy atom. The molecule has 0 fully saturated rings. The van der Waals surface area contributed by atoms with Gasteiger partial charge in [0.15, 0.2) is 5.82 Å². The van der Waals surface area contributed by atoms with Crippen molar-refractivity contribution in [2.24, 2.45) is 0 Å². The summed E-state index contributed by atoms with van der Waals surface area (Å²) in [5.41, 5.74) is 1.85. The minimum atomic E-state index is -0.164. The maximum Gasteiger partial charge on any atom is 0.264 e. The average molecular weight is 357 g/mol. The Balaban J connectivity index is 1.51. The van der Waals surface area contributed by atoms with Gasteiger partial charge in [0.2, 0.25) is 5.89 Å². The van der Waals surface area contributed by atoms with E-state index >= 15 is 0 Å². The third-order valence-corrected chi connectivity index (χ3v) is 4.35. The van der Waals surface area contributed by atoms with Crippen LogP contribution in [0.4, 0.5) is 0 Å². The second-order valence-electron chi connectivity index (χ2n) is 5.91. The van der Waals surface area contributed by atoms with E-state index in [2.05, 4.69) is 25.0 Å². The van der Waals surface area contributed by atoms with Crippen molar-refractivity contribution in [1.82, 2.24) is 25.0 Å². The van der Waals surface area contributed by atoms with Crippen molar-refractivity contribution in [2.45, 2.75) is 32.6 Å². The van der Waals surface area contributed by atoms with Crippen LogP contribution in [0, 0.1) is 0 Å². The van der Waals surface area contributed by atoms with E-state index in [1.165, 1.54) is 0 Å². The highest BCUT2D eigenvalue weighted by atomic mass is 32.1. The summed E-state index contributed by atoms with van der Waals surface area (Å²) < 4.78 is 9.10. The van der Waals surface area contributed by atoms with Crippen LogP contribution in [0.2, 0.25) is 0 Å². The third kappa shape index (κ3) is 4.48. The molecule has 3 rings (SSSR count). The second kappa shape index (κ2) is 7.98.